The monoisotopic (exact) mass is 244 g/mol. The quantitative estimate of drug-likeness (QED) is 0.523. The molecule has 0 atom stereocenters. The molecular weight excluding hydrogens is 232 g/mol. The fraction of sp³-hybridized carbons (Fsp3) is 0.429. The fourth-order valence-electron chi connectivity index (χ4n) is 1.13. The molecule has 0 radical (unpaired) electrons. The van der Waals surface area contributed by atoms with Gasteiger partial charge in [-0.15, -0.1) is 10.2 Å². The summed E-state index contributed by atoms with van der Waals surface area (Å²) in [4.78, 5) is 23.0. The number of hydrogen-bond acceptors (Lipinski definition) is 7. The predicted octanol–water partition coefficient (Wildman–Crippen LogP) is -2.11. The largest absolute Gasteiger partial charge is 0.374 e. The minimum atomic E-state index is -0.543. The van der Waals surface area contributed by atoms with Crippen molar-refractivity contribution in [2.75, 3.05) is 18.8 Å². The highest BCUT2D eigenvalue weighted by Crippen LogP contribution is 2.12. The first-order chi connectivity index (χ1) is 7.47. The molecule has 1 aromatic rings. The Morgan fingerprint density at radius 3 is 2.12 bits per heavy atom. The van der Waals surface area contributed by atoms with Gasteiger partial charge in [0.05, 0.1) is 19.6 Å². The van der Waals surface area contributed by atoms with Gasteiger partial charge in [0.2, 0.25) is 16.9 Å². The second-order valence-electron chi connectivity index (χ2n) is 3.11. The topological polar surface area (TPSA) is 141 Å². The summed E-state index contributed by atoms with van der Waals surface area (Å²) in [6.07, 6.45) is 0. The third-order valence-electron chi connectivity index (χ3n) is 1.60. The zero-order valence-electron chi connectivity index (χ0n) is 8.42. The molecule has 0 bridgehead atoms. The molecule has 0 aliphatic heterocycles. The lowest BCUT2D eigenvalue weighted by molar-refractivity contribution is -0.122. The average Bonchev–Trinajstić information content (AvgIpc) is 2.48. The molecule has 0 saturated carbocycles. The molecule has 8 nitrogen and oxygen atoms in total. The Hall–Kier alpha value is -1.74. The van der Waals surface area contributed by atoms with Crippen molar-refractivity contribution in [2.24, 2.45) is 11.5 Å². The Balaban J connectivity index is 2.62. The number of amides is 2. The fourth-order valence-corrected chi connectivity index (χ4v) is 1.78. The van der Waals surface area contributed by atoms with Crippen LogP contribution in [0.15, 0.2) is 0 Å². The third-order valence-corrected chi connectivity index (χ3v) is 2.34. The number of nitrogen functional groups attached to an aromatic ring is 1. The molecule has 2 amide bonds. The molecular formula is C7H12N6O2S. The lowest BCUT2D eigenvalue weighted by Gasteiger charge is -2.16. The summed E-state index contributed by atoms with van der Waals surface area (Å²) in [7, 11) is 0. The lowest BCUT2D eigenvalue weighted by Crippen LogP contribution is -2.39. The van der Waals surface area contributed by atoms with Crippen molar-refractivity contribution < 1.29 is 9.59 Å². The summed E-state index contributed by atoms with van der Waals surface area (Å²) in [5.74, 6) is -1.09. The molecule has 16 heavy (non-hydrogen) atoms. The molecule has 0 unspecified atom stereocenters. The molecule has 6 N–H and O–H groups in total. The van der Waals surface area contributed by atoms with Gasteiger partial charge < -0.3 is 17.2 Å². The Bertz CT molecular complexity index is 376. The molecule has 0 spiro atoms. The molecule has 1 aromatic heterocycles. The maximum Gasteiger partial charge on any atom is 0.231 e. The van der Waals surface area contributed by atoms with Gasteiger partial charge in [-0.05, 0) is 0 Å². The number of aromatic nitrogens is 2. The highest BCUT2D eigenvalue weighted by atomic mass is 32.1. The van der Waals surface area contributed by atoms with Gasteiger partial charge >= 0.3 is 0 Å². The Morgan fingerprint density at radius 2 is 1.75 bits per heavy atom. The normalized spacial score (nSPS) is 10.6. The van der Waals surface area contributed by atoms with Crippen molar-refractivity contribution in [1.29, 1.82) is 0 Å². The van der Waals surface area contributed by atoms with Crippen LogP contribution in [0.3, 0.4) is 0 Å². The highest BCUT2D eigenvalue weighted by molar-refractivity contribution is 7.15. The third kappa shape index (κ3) is 4.19. The van der Waals surface area contributed by atoms with E-state index in [0.717, 1.165) is 0 Å². The summed E-state index contributed by atoms with van der Waals surface area (Å²) in [6.45, 7) is 0.131. The first-order valence-electron chi connectivity index (χ1n) is 4.34. The van der Waals surface area contributed by atoms with Gasteiger partial charge in [0, 0.05) is 0 Å². The summed E-state index contributed by atoms with van der Waals surface area (Å²) in [6, 6.07) is 0. The summed E-state index contributed by atoms with van der Waals surface area (Å²) in [5, 5.41) is 8.31. The van der Waals surface area contributed by atoms with Crippen molar-refractivity contribution in [1.82, 2.24) is 15.1 Å². The number of anilines is 1. The van der Waals surface area contributed by atoms with Crippen LogP contribution >= 0.6 is 11.3 Å². The van der Waals surface area contributed by atoms with Gasteiger partial charge in [-0.2, -0.15) is 0 Å². The van der Waals surface area contributed by atoms with E-state index in [0.29, 0.717) is 10.1 Å². The summed E-state index contributed by atoms with van der Waals surface area (Å²) >= 11 is 1.18. The molecule has 0 aliphatic carbocycles. The number of carbonyl (C=O) groups excluding carboxylic acids is 2. The number of nitrogens with zero attached hydrogens (tertiary/aromatic N) is 3. The van der Waals surface area contributed by atoms with E-state index in [1.54, 1.807) is 0 Å². The molecule has 0 aromatic carbocycles. The molecule has 9 heteroatoms. The van der Waals surface area contributed by atoms with Crippen molar-refractivity contribution in [2.45, 2.75) is 6.54 Å². The van der Waals surface area contributed by atoms with Crippen LogP contribution in [0.5, 0.6) is 0 Å². The van der Waals surface area contributed by atoms with Gasteiger partial charge in [0.1, 0.15) is 5.01 Å². The van der Waals surface area contributed by atoms with Gasteiger partial charge in [0.15, 0.2) is 0 Å². The highest BCUT2D eigenvalue weighted by Gasteiger charge is 2.14. The first-order valence-corrected chi connectivity index (χ1v) is 5.16. The molecule has 0 fully saturated rings. The van der Waals surface area contributed by atoms with E-state index in [2.05, 4.69) is 10.2 Å². The van der Waals surface area contributed by atoms with Crippen LogP contribution in [0.1, 0.15) is 5.01 Å². The van der Waals surface area contributed by atoms with Crippen LogP contribution < -0.4 is 17.2 Å². The average molecular weight is 244 g/mol. The van der Waals surface area contributed by atoms with E-state index in [1.165, 1.54) is 16.2 Å². The van der Waals surface area contributed by atoms with Crippen molar-refractivity contribution in [3.8, 4) is 0 Å². The summed E-state index contributed by atoms with van der Waals surface area (Å²) < 4.78 is 0. The number of nitrogens with two attached hydrogens (primary N) is 3. The Morgan fingerprint density at radius 1 is 1.19 bits per heavy atom. The standard InChI is InChI=1S/C7H12N6O2S/c8-4(14)1-13(2-5(9)15)3-6-11-12-7(10)16-6/h1-3H2,(H2,8,14)(H2,9,15)(H2,10,12). The maximum atomic E-state index is 10.8. The molecule has 1 rings (SSSR count). The number of primary amides is 2. The Kier molecular flexibility index (Phi) is 4.14. The van der Waals surface area contributed by atoms with Crippen molar-refractivity contribution in [3.63, 3.8) is 0 Å². The van der Waals surface area contributed by atoms with Crippen LogP contribution in [0.2, 0.25) is 0 Å². The van der Waals surface area contributed by atoms with Crippen molar-refractivity contribution >= 4 is 28.3 Å². The molecule has 0 saturated heterocycles. The van der Waals surface area contributed by atoms with Crippen LogP contribution in [0.25, 0.3) is 0 Å². The SMILES string of the molecule is NC(=O)CN(CC(N)=O)Cc1nnc(N)s1. The second kappa shape index (κ2) is 5.37. The second-order valence-corrected chi connectivity index (χ2v) is 4.21. The van der Waals surface area contributed by atoms with E-state index < -0.39 is 11.8 Å². The predicted molar refractivity (Wildman–Crippen MR) is 58.0 cm³/mol. The Labute approximate surface area is 95.4 Å². The lowest BCUT2D eigenvalue weighted by atomic mass is 10.4. The van der Waals surface area contributed by atoms with Gasteiger partial charge in [-0.25, -0.2) is 0 Å². The van der Waals surface area contributed by atoms with E-state index >= 15 is 0 Å². The van der Waals surface area contributed by atoms with Crippen LogP contribution in [-0.4, -0.2) is 40.0 Å². The maximum absolute atomic E-state index is 10.8. The number of rotatable bonds is 6. The van der Waals surface area contributed by atoms with Crippen LogP contribution in [0.4, 0.5) is 5.13 Å². The minimum Gasteiger partial charge on any atom is -0.374 e. The number of carbonyl (C=O) groups is 2. The summed E-state index contributed by atoms with van der Waals surface area (Å²) in [5.41, 5.74) is 15.5. The van der Waals surface area contributed by atoms with Gasteiger partial charge in [-0.3, -0.25) is 14.5 Å². The molecule has 88 valence electrons. The van der Waals surface area contributed by atoms with Crippen LogP contribution in [-0.2, 0) is 16.1 Å². The number of hydrogen-bond donors (Lipinski definition) is 3. The molecule has 0 aliphatic rings. The first kappa shape index (κ1) is 12.3. The van der Waals surface area contributed by atoms with Crippen molar-refractivity contribution in [3.05, 3.63) is 5.01 Å². The van der Waals surface area contributed by atoms with E-state index in [4.69, 9.17) is 17.2 Å². The van der Waals surface area contributed by atoms with Crippen LogP contribution in [0, 0.1) is 0 Å². The van der Waals surface area contributed by atoms with E-state index in [-0.39, 0.29) is 19.6 Å². The minimum absolute atomic E-state index is 0.0670. The zero-order valence-corrected chi connectivity index (χ0v) is 9.24. The van der Waals surface area contributed by atoms with Gasteiger partial charge in [-0.1, -0.05) is 11.3 Å². The van der Waals surface area contributed by atoms with E-state index in [9.17, 15) is 9.59 Å². The molecule has 1 heterocycles. The zero-order chi connectivity index (χ0) is 12.1. The van der Waals surface area contributed by atoms with Gasteiger partial charge in [0.25, 0.3) is 0 Å². The smallest absolute Gasteiger partial charge is 0.231 e. The van der Waals surface area contributed by atoms with E-state index in [1.807, 2.05) is 0 Å².